The normalized spacial score (nSPS) is 18.8. The minimum absolute atomic E-state index is 0.00927. The van der Waals surface area contributed by atoms with Crippen molar-refractivity contribution in [2.45, 2.75) is 19.8 Å². The highest BCUT2D eigenvalue weighted by Gasteiger charge is 2.27. The van der Waals surface area contributed by atoms with E-state index in [4.69, 9.17) is 0 Å². The fraction of sp³-hybridized carbons (Fsp3) is 0.529. The average Bonchev–Trinajstić information content (AvgIpc) is 2.49. The molecule has 1 aromatic carbocycles. The standard InChI is InChI=1S/C17H25N3O2/c1-13-7-4-5-9-15(13)18-16(21)12-20-10-6-8-14(11-20)17(22)19(2)3/h4-5,7,9,14H,6,8,10-12H2,1-3H3,(H,18,21). The molecule has 22 heavy (non-hydrogen) atoms. The molecule has 0 aliphatic carbocycles. The zero-order valence-electron chi connectivity index (χ0n) is 13.6. The van der Waals surface area contributed by atoms with Crippen molar-refractivity contribution in [2.75, 3.05) is 39.0 Å². The van der Waals surface area contributed by atoms with E-state index in [-0.39, 0.29) is 17.7 Å². The van der Waals surface area contributed by atoms with Gasteiger partial charge in [0.15, 0.2) is 0 Å². The number of carbonyl (C=O) groups excluding carboxylic acids is 2. The van der Waals surface area contributed by atoms with Gasteiger partial charge in [0.05, 0.1) is 12.5 Å². The number of para-hydroxylation sites is 1. The van der Waals surface area contributed by atoms with Gasteiger partial charge in [0.1, 0.15) is 0 Å². The van der Waals surface area contributed by atoms with E-state index >= 15 is 0 Å². The van der Waals surface area contributed by atoms with Crippen molar-refractivity contribution in [1.82, 2.24) is 9.80 Å². The van der Waals surface area contributed by atoms with E-state index in [1.165, 1.54) is 0 Å². The first-order chi connectivity index (χ1) is 10.5. The van der Waals surface area contributed by atoms with E-state index in [0.29, 0.717) is 13.1 Å². The van der Waals surface area contributed by atoms with Gasteiger partial charge in [0, 0.05) is 26.3 Å². The number of hydrogen-bond donors (Lipinski definition) is 1. The second-order valence-corrected chi connectivity index (χ2v) is 6.17. The lowest BCUT2D eigenvalue weighted by Gasteiger charge is -2.32. The number of aryl methyl sites for hydroxylation is 1. The Morgan fingerprint density at radius 3 is 2.73 bits per heavy atom. The Hall–Kier alpha value is -1.88. The number of nitrogens with zero attached hydrogens (tertiary/aromatic N) is 2. The molecule has 1 heterocycles. The zero-order valence-corrected chi connectivity index (χ0v) is 13.6. The monoisotopic (exact) mass is 303 g/mol. The van der Waals surface area contributed by atoms with Crippen LogP contribution in [0, 0.1) is 12.8 Å². The van der Waals surface area contributed by atoms with Crippen molar-refractivity contribution in [3.05, 3.63) is 29.8 Å². The number of carbonyl (C=O) groups is 2. The summed E-state index contributed by atoms with van der Waals surface area (Å²) < 4.78 is 0. The molecule has 1 N–H and O–H groups in total. The van der Waals surface area contributed by atoms with Crippen molar-refractivity contribution >= 4 is 17.5 Å². The summed E-state index contributed by atoms with van der Waals surface area (Å²) in [6, 6.07) is 7.74. The molecule has 1 saturated heterocycles. The number of likely N-dealkylation sites (tertiary alicyclic amines) is 1. The van der Waals surface area contributed by atoms with Crippen LogP contribution in [0.25, 0.3) is 0 Å². The quantitative estimate of drug-likeness (QED) is 0.922. The second kappa shape index (κ2) is 7.40. The molecule has 2 amide bonds. The van der Waals surface area contributed by atoms with Crippen LogP contribution < -0.4 is 5.32 Å². The van der Waals surface area contributed by atoms with Crippen molar-refractivity contribution in [3.8, 4) is 0 Å². The summed E-state index contributed by atoms with van der Waals surface area (Å²) in [5, 5.41) is 2.95. The van der Waals surface area contributed by atoms with Gasteiger partial charge in [-0.1, -0.05) is 18.2 Å². The Labute approximate surface area is 132 Å². The minimum atomic E-state index is -0.0211. The molecule has 1 atom stereocenters. The van der Waals surface area contributed by atoms with Crippen molar-refractivity contribution in [3.63, 3.8) is 0 Å². The van der Waals surface area contributed by atoms with E-state index in [1.807, 2.05) is 31.2 Å². The Morgan fingerprint density at radius 2 is 2.05 bits per heavy atom. The summed E-state index contributed by atoms with van der Waals surface area (Å²) in [4.78, 5) is 28.0. The predicted octanol–water partition coefficient (Wildman–Crippen LogP) is 1.73. The molecule has 120 valence electrons. The van der Waals surface area contributed by atoms with Crippen LogP contribution in [-0.2, 0) is 9.59 Å². The van der Waals surface area contributed by atoms with Crippen LogP contribution in [0.5, 0.6) is 0 Å². The minimum Gasteiger partial charge on any atom is -0.349 e. The second-order valence-electron chi connectivity index (χ2n) is 6.17. The lowest BCUT2D eigenvalue weighted by atomic mass is 9.97. The molecular formula is C17H25N3O2. The summed E-state index contributed by atoms with van der Waals surface area (Å²) in [5.74, 6) is 0.145. The largest absolute Gasteiger partial charge is 0.349 e. The number of benzene rings is 1. The molecule has 0 spiro atoms. The highest BCUT2D eigenvalue weighted by Crippen LogP contribution is 2.18. The highest BCUT2D eigenvalue weighted by molar-refractivity contribution is 5.93. The lowest BCUT2D eigenvalue weighted by molar-refractivity contribution is -0.135. The molecule has 1 aliphatic heterocycles. The number of rotatable bonds is 4. The van der Waals surface area contributed by atoms with Gasteiger partial charge in [-0.25, -0.2) is 0 Å². The van der Waals surface area contributed by atoms with Gasteiger partial charge in [-0.05, 0) is 37.9 Å². The van der Waals surface area contributed by atoms with E-state index < -0.39 is 0 Å². The summed E-state index contributed by atoms with van der Waals surface area (Å²) in [7, 11) is 3.57. The van der Waals surface area contributed by atoms with Gasteiger partial charge < -0.3 is 10.2 Å². The molecular weight excluding hydrogens is 278 g/mol. The number of nitrogens with one attached hydrogen (secondary N) is 1. The maximum absolute atomic E-state index is 12.2. The molecule has 1 aliphatic rings. The first-order valence-corrected chi connectivity index (χ1v) is 7.76. The van der Waals surface area contributed by atoms with Crippen LogP contribution in [-0.4, -0.2) is 55.3 Å². The number of anilines is 1. The fourth-order valence-electron chi connectivity index (χ4n) is 2.87. The third-order valence-corrected chi connectivity index (χ3v) is 4.08. The first-order valence-electron chi connectivity index (χ1n) is 7.76. The Bertz CT molecular complexity index is 542. The van der Waals surface area contributed by atoms with Crippen molar-refractivity contribution in [2.24, 2.45) is 5.92 Å². The van der Waals surface area contributed by atoms with Crippen molar-refractivity contribution < 1.29 is 9.59 Å². The average molecular weight is 303 g/mol. The number of hydrogen-bond acceptors (Lipinski definition) is 3. The summed E-state index contributed by atoms with van der Waals surface area (Å²) in [5.41, 5.74) is 1.90. The molecule has 1 aromatic rings. The zero-order chi connectivity index (χ0) is 16.1. The SMILES string of the molecule is Cc1ccccc1NC(=O)CN1CCCC(C(=O)N(C)C)C1. The topological polar surface area (TPSA) is 52.7 Å². The third-order valence-electron chi connectivity index (χ3n) is 4.08. The van der Waals surface area contributed by atoms with Gasteiger partial charge in [0.25, 0.3) is 0 Å². The molecule has 0 aromatic heterocycles. The summed E-state index contributed by atoms with van der Waals surface area (Å²) in [6.07, 6.45) is 1.87. The maximum atomic E-state index is 12.2. The van der Waals surface area contributed by atoms with Gasteiger partial charge in [-0.2, -0.15) is 0 Å². The smallest absolute Gasteiger partial charge is 0.238 e. The van der Waals surface area contributed by atoms with Crippen LogP contribution in [0.1, 0.15) is 18.4 Å². The number of piperidine rings is 1. The molecule has 5 heteroatoms. The predicted molar refractivity (Wildman–Crippen MR) is 87.7 cm³/mol. The first kappa shape index (κ1) is 16.5. The molecule has 1 fully saturated rings. The van der Waals surface area contributed by atoms with Gasteiger partial charge in [0.2, 0.25) is 11.8 Å². The summed E-state index contributed by atoms with van der Waals surface area (Å²) in [6.45, 7) is 3.85. The molecule has 0 saturated carbocycles. The van der Waals surface area contributed by atoms with Gasteiger partial charge >= 0.3 is 0 Å². The Kier molecular flexibility index (Phi) is 5.55. The molecule has 5 nitrogen and oxygen atoms in total. The third kappa shape index (κ3) is 4.31. The highest BCUT2D eigenvalue weighted by atomic mass is 16.2. The van der Waals surface area contributed by atoms with E-state index in [2.05, 4.69) is 10.2 Å². The van der Waals surface area contributed by atoms with Crippen LogP contribution in [0.4, 0.5) is 5.69 Å². The van der Waals surface area contributed by atoms with E-state index in [9.17, 15) is 9.59 Å². The molecule has 2 rings (SSSR count). The molecule has 0 radical (unpaired) electrons. The lowest BCUT2D eigenvalue weighted by Crippen LogP contribution is -2.45. The van der Waals surface area contributed by atoms with Gasteiger partial charge in [-0.15, -0.1) is 0 Å². The van der Waals surface area contributed by atoms with E-state index in [0.717, 1.165) is 30.6 Å². The molecule has 0 bridgehead atoms. The Balaban J connectivity index is 1.89. The number of amides is 2. The van der Waals surface area contributed by atoms with Crippen molar-refractivity contribution in [1.29, 1.82) is 0 Å². The van der Waals surface area contributed by atoms with Crippen LogP contribution >= 0.6 is 0 Å². The Morgan fingerprint density at radius 1 is 1.32 bits per heavy atom. The fourth-order valence-corrected chi connectivity index (χ4v) is 2.87. The van der Waals surface area contributed by atoms with Gasteiger partial charge in [-0.3, -0.25) is 14.5 Å². The summed E-state index contributed by atoms with van der Waals surface area (Å²) >= 11 is 0. The molecule has 1 unspecified atom stereocenters. The van der Waals surface area contributed by atoms with E-state index in [1.54, 1.807) is 19.0 Å². The van der Waals surface area contributed by atoms with Crippen LogP contribution in [0.3, 0.4) is 0 Å². The van der Waals surface area contributed by atoms with Crippen LogP contribution in [0.2, 0.25) is 0 Å². The maximum Gasteiger partial charge on any atom is 0.238 e. The van der Waals surface area contributed by atoms with Crippen LogP contribution in [0.15, 0.2) is 24.3 Å².